The highest BCUT2D eigenvalue weighted by Crippen LogP contribution is 2.48. The molecule has 1 aliphatic rings. The Morgan fingerprint density at radius 1 is 1.15 bits per heavy atom. The molecule has 140 valence electrons. The molecular weight excluding hydrogens is 348 g/mol. The average Bonchev–Trinajstić information content (AvgIpc) is 3.48. The minimum atomic E-state index is -1.11. The molecule has 0 bridgehead atoms. The molecule has 0 aromatic heterocycles. The summed E-state index contributed by atoms with van der Waals surface area (Å²) in [4.78, 5) is 34.7. The van der Waals surface area contributed by atoms with Gasteiger partial charge in [0.15, 0.2) is 0 Å². The van der Waals surface area contributed by atoms with Crippen LogP contribution in [0.1, 0.15) is 28.3 Å². The van der Waals surface area contributed by atoms with Crippen LogP contribution in [0, 0.1) is 5.92 Å². The number of anilines is 1. The van der Waals surface area contributed by atoms with Crippen LogP contribution in [0.15, 0.2) is 48.5 Å². The highest BCUT2D eigenvalue weighted by Gasteiger charge is 2.44. The molecule has 0 saturated heterocycles. The van der Waals surface area contributed by atoms with E-state index in [-0.39, 0.29) is 17.7 Å². The van der Waals surface area contributed by atoms with Crippen molar-refractivity contribution < 1.29 is 24.2 Å². The number of methoxy groups -OCH3 is 1. The van der Waals surface area contributed by atoms with Crippen LogP contribution in [0.5, 0.6) is 5.75 Å². The Labute approximate surface area is 156 Å². The van der Waals surface area contributed by atoms with Gasteiger partial charge in [0.2, 0.25) is 5.91 Å². The Hall–Kier alpha value is -3.35. The molecule has 27 heavy (non-hydrogen) atoms. The maximum Gasteiger partial charge on any atom is 0.322 e. The first-order valence-electron chi connectivity index (χ1n) is 8.53. The molecule has 7 heteroatoms. The van der Waals surface area contributed by atoms with E-state index in [1.807, 2.05) is 24.3 Å². The number of benzene rings is 2. The molecule has 7 nitrogen and oxygen atoms in total. The summed E-state index contributed by atoms with van der Waals surface area (Å²) in [5.74, 6) is -0.782. The number of carbonyl (C=O) groups excluding carboxylic acids is 2. The number of hydrogen-bond acceptors (Lipinski definition) is 4. The third kappa shape index (κ3) is 4.63. The lowest BCUT2D eigenvalue weighted by atomic mass is 10.1. The second-order valence-corrected chi connectivity index (χ2v) is 6.37. The summed E-state index contributed by atoms with van der Waals surface area (Å²) < 4.78 is 5.22. The van der Waals surface area contributed by atoms with Gasteiger partial charge in [0.05, 0.1) is 7.11 Å². The van der Waals surface area contributed by atoms with E-state index in [9.17, 15) is 14.4 Å². The number of rotatable bonds is 7. The van der Waals surface area contributed by atoms with Gasteiger partial charge in [-0.25, -0.2) is 0 Å². The lowest BCUT2D eigenvalue weighted by molar-refractivity contribution is -0.135. The van der Waals surface area contributed by atoms with E-state index < -0.39 is 18.4 Å². The zero-order valence-corrected chi connectivity index (χ0v) is 14.8. The van der Waals surface area contributed by atoms with E-state index in [1.54, 1.807) is 31.4 Å². The molecule has 0 radical (unpaired) electrons. The number of amides is 2. The number of aliphatic carboxylic acids is 1. The molecule has 2 aromatic rings. The Kier molecular flexibility index (Phi) is 5.40. The van der Waals surface area contributed by atoms with Gasteiger partial charge in [0.1, 0.15) is 12.3 Å². The molecule has 2 atom stereocenters. The van der Waals surface area contributed by atoms with Crippen LogP contribution in [-0.4, -0.2) is 36.5 Å². The molecule has 1 saturated carbocycles. The number of carboxylic acids is 1. The zero-order valence-electron chi connectivity index (χ0n) is 14.8. The van der Waals surface area contributed by atoms with Gasteiger partial charge in [-0.3, -0.25) is 14.4 Å². The van der Waals surface area contributed by atoms with E-state index >= 15 is 0 Å². The molecule has 1 aliphatic carbocycles. The Bertz CT molecular complexity index is 863. The lowest BCUT2D eigenvalue weighted by Crippen LogP contribution is -2.29. The fraction of sp³-hybridized carbons (Fsp3) is 0.250. The predicted octanol–water partition coefficient (Wildman–Crippen LogP) is 2.25. The van der Waals surface area contributed by atoms with Crippen molar-refractivity contribution in [2.75, 3.05) is 19.0 Å². The summed E-state index contributed by atoms with van der Waals surface area (Å²) >= 11 is 0. The molecule has 2 amide bonds. The van der Waals surface area contributed by atoms with Gasteiger partial charge in [-0.2, -0.15) is 0 Å². The molecule has 2 unspecified atom stereocenters. The minimum Gasteiger partial charge on any atom is -0.497 e. The van der Waals surface area contributed by atoms with Crippen molar-refractivity contribution in [3.8, 4) is 5.75 Å². The number of carboxylic acid groups (broad SMARTS) is 1. The van der Waals surface area contributed by atoms with Gasteiger partial charge >= 0.3 is 5.97 Å². The Morgan fingerprint density at radius 3 is 2.56 bits per heavy atom. The predicted molar refractivity (Wildman–Crippen MR) is 98.9 cm³/mol. The third-order valence-electron chi connectivity index (χ3n) is 4.46. The maximum absolute atomic E-state index is 12.4. The number of hydrogen-bond donors (Lipinski definition) is 3. The molecule has 3 N–H and O–H groups in total. The first-order valence-corrected chi connectivity index (χ1v) is 8.53. The maximum atomic E-state index is 12.4. The van der Waals surface area contributed by atoms with Crippen LogP contribution < -0.4 is 15.4 Å². The normalized spacial score (nSPS) is 17.7. The quantitative estimate of drug-likeness (QED) is 0.695. The molecule has 0 aliphatic heterocycles. The van der Waals surface area contributed by atoms with Crippen molar-refractivity contribution in [3.63, 3.8) is 0 Å². The van der Waals surface area contributed by atoms with Crippen molar-refractivity contribution in [2.45, 2.75) is 12.3 Å². The third-order valence-corrected chi connectivity index (χ3v) is 4.46. The Morgan fingerprint density at radius 2 is 1.89 bits per heavy atom. The topological polar surface area (TPSA) is 105 Å². The van der Waals surface area contributed by atoms with E-state index in [4.69, 9.17) is 9.84 Å². The number of nitrogens with one attached hydrogen (secondary N) is 2. The largest absolute Gasteiger partial charge is 0.497 e. The van der Waals surface area contributed by atoms with E-state index in [2.05, 4.69) is 10.6 Å². The summed E-state index contributed by atoms with van der Waals surface area (Å²) in [6.07, 6.45) is 0.786. The van der Waals surface area contributed by atoms with Crippen LogP contribution >= 0.6 is 0 Å². The summed E-state index contributed by atoms with van der Waals surface area (Å²) in [7, 11) is 1.61. The molecule has 3 rings (SSSR count). The van der Waals surface area contributed by atoms with Crippen molar-refractivity contribution in [3.05, 3.63) is 59.7 Å². The average molecular weight is 368 g/mol. The van der Waals surface area contributed by atoms with Gasteiger partial charge < -0.3 is 20.5 Å². The summed E-state index contributed by atoms with van der Waals surface area (Å²) in [5, 5.41) is 13.7. The van der Waals surface area contributed by atoms with Crippen LogP contribution in [0.3, 0.4) is 0 Å². The molecular formula is C20H20N2O5. The summed E-state index contributed by atoms with van der Waals surface area (Å²) in [6.45, 7) is -0.440. The monoisotopic (exact) mass is 368 g/mol. The van der Waals surface area contributed by atoms with Crippen LogP contribution in [0.4, 0.5) is 5.69 Å². The van der Waals surface area contributed by atoms with Crippen molar-refractivity contribution in [1.82, 2.24) is 5.32 Å². The molecule has 0 spiro atoms. The second-order valence-electron chi connectivity index (χ2n) is 6.37. The van der Waals surface area contributed by atoms with E-state index in [0.717, 1.165) is 17.7 Å². The first kappa shape index (κ1) is 18.4. The van der Waals surface area contributed by atoms with Gasteiger partial charge in [0, 0.05) is 17.2 Å². The Balaban J connectivity index is 1.55. The van der Waals surface area contributed by atoms with E-state index in [0.29, 0.717) is 11.3 Å². The molecule has 0 heterocycles. The lowest BCUT2D eigenvalue weighted by Gasteiger charge is -2.07. The first-order chi connectivity index (χ1) is 13.0. The standard InChI is InChI=1S/C20H20N2O5/c1-27-15-4-2-3-13(9-15)16-10-17(16)20(26)22-14-7-5-12(6-8-14)19(25)21-11-18(23)24/h2-9,16-17H,10-11H2,1H3,(H,21,25)(H,22,26)(H,23,24). The van der Waals surface area contributed by atoms with Crippen molar-refractivity contribution in [2.24, 2.45) is 5.92 Å². The van der Waals surface area contributed by atoms with Crippen LogP contribution in [0.2, 0.25) is 0 Å². The summed E-state index contributed by atoms with van der Waals surface area (Å²) in [5.41, 5.74) is 2.00. The van der Waals surface area contributed by atoms with Crippen LogP contribution in [-0.2, 0) is 9.59 Å². The fourth-order valence-electron chi connectivity index (χ4n) is 2.92. The van der Waals surface area contributed by atoms with E-state index in [1.165, 1.54) is 0 Å². The zero-order chi connectivity index (χ0) is 19.4. The molecule has 2 aromatic carbocycles. The number of carbonyl (C=O) groups is 3. The smallest absolute Gasteiger partial charge is 0.322 e. The minimum absolute atomic E-state index is 0.0640. The van der Waals surface area contributed by atoms with Gasteiger partial charge in [0.25, 0.3) is 5.91 Å². The van der Waals surface area contributed by atoms with Crippen molar-refractivity contribution >= 4 is 23.5 Å². The fourth-order valence-corrected chi connectivity index (χ4v) is 2.92. The van der Waals surface area contributed by atoms with Gasteiger partial charge in [-0.15, -0.1) is 0 Å². The highest BCUT2D eigenvalue weighted by molar-refractivity contribution is 5.98. The van der Waals surface area contributed by atoms with Crippen molar-refractivity contribution in [1.29, 1.82) is 0 Å². The van der Waals surface area contributed by atoms with Gasteiger partial charge in [-0.05, 0) is 54.3 Å². The van der Waals surface area contributed by atoms with Gasteiger partial charge in [-0.1, -0.05) is 12.1 Å². The highest BCUT2D eigenvalue weighted by atomic mass is 16.5. The number of ether oxygens (including phenoxy) is 1. The SMILES string of the molecule is COc1cccc(C2CC2C(=O)Nc2ccc(C(=O)NCC(=O)O)cc2)c1. The van der Waals surface area contributed by atoms with Crippen LogP contribution in [0.25, 0.3) is 0 Å². The summed E-state index contributed by atoms with van der Waals surface area (Å²) in [6, 6.07) is 14.0. The second kappa shape index (κ2) is 7.90. The molecule has 1 fully saturated rings.